The van der Waals surface area contributed by atoms with E-state index in [0.29, 0.717) is 0 Å². The summed E-state index contributed by atoms with van der Waals surface area (Å²) in [6.07, 6.45) is 7.41. The Bertz CT molecular complexity index is 262. The van der Waals surface area contributed by atoms with Gasteiger partial charge in [0.1, 0.15) is 0 Å². The number of aryl methyl sites for hydroxylation is 1. The molecule has 12 heavy (non-hydrogen) atoms. The van der Waals surface area contributed by atoms with E-state index in [2.05, 4.69) is 9.97 Å². The maximum absolute atomic E-state index is 4.13. The third kappa shape index (κ3) is 2.70. The van der Waals surface area contributed by atoms with Crippen LogP contribution in [0.5, 0.6) is 0 Å². The molecule has 64 valence electrons. The van der Waals surface area contributed by atoms with Crippen LogP contribution in [-0.2, 0) is 0 Å². The highest BCUT2D eigenvalue weighted by molar-refractivity contribution is 5.38. The minimum absolute atomic E-state index is 0.745. The molecule has 0 N–H and O–H groups in total. The zero-order valence-electron chi connectivity index (χ0n) is 7.65. The van der Waals surface area contributed by atoms with Gasteiger partial charge in [-0.2, -0.15) is 0 Å². The van der Waals surface area contributed by atoms with Crippen molar-refractivity contribution < 1.29 is 0 Å². The molecular formula is C9H13N3. The molecule has 1 heterocycles. The summed E-state index contributed by atoms with van der Waals surface area (Å²) in [5, 5.41) is 0. The SMILES string of the molecule is Cc1cnc(/C=C/N(C)C)nc1. The lowest BCUT2D eigenvalue weighted by Gasteiger charge is -2.02. The van der Waals surface area contributed by atoms with Crippen molar-refractivity contribution in [2.24, 2.45) is 0 Å². The van der Waals surface area contributed by atoms with Gasteiger partial charge in [-0.25, -0.2) is 9.97 Å². The zero-order chi connectivity index (χ0) is 8.97. The van der Waals surface area contributed by atoms with Crippen molar-refractivity contribution in [3.8, 4) is 0 Å². The highest BCUT2D eigenvalue weighted by Gasteiger charge is 1.88. The Morgan fingerprint density at radius 3 is 2.33 bits per heavy atom. The van der Waals surface area contributed by atoms with Crippen LogP contribution in [0.15, 0.2) is 18.6 Å². The van der Waals surface area contributed by atoms with E-state index in [-0.39, 0.29) is 0 Å². The summed E-state index contributed by atoms with van der Waals surface area (Å²) >= 11 is 0. The molecule has 0 aliphatic carbocycles. The molecule has 0 saturated carbocycles. The van der Waals surface area contributed by atoms with Crippen molar-refractivity contribution >= 4 is 6.08 Å². The van der Waals surface area contributed by atoms with Crippen molar-refractivity contribution in [2.75, 3.05) is 14.1 Å². The van der Waals surface area contributed by atoms with Gasteiger partial charge in [0.2, 0.25) is 0 Å². The second kappa shape index (κ2) is 3.85. The van der Waals surface area contributed by atoms with Crippen LogP contribution >= 0.6 is 0 Å². The van der Waals surface area contributed by atoms with E-state index in [9.17, 15) is 0 Å². The monoisotopic (exact) mass is 163 g/mol. The van der Waals surface area contributed by atoms with E-state index in [1.807, 2.05) is 50.6 Å². The Hall–Kier alpha value is -1.38. The molecule has 0 radical (unpaired) electrons. The summed E-state index contributed by atoms with van der Waals surface area (Å²) in [4.78, 5) is 10.2. The van der Waals surface area contributed by atoms with Gasteiger partial charge in [0, 0.05) is 32.7 Å². The largest absolute Gasteiger partial charge is 0.383 e. The molecule has 1 rings (SSSR count). The minimum atomic E-state index is 0.745. The maximum Gasteiger partial charge on any atom is 0.153 e. The Kier molecular flexibility index (Phi) is 2.80. The highest BCUT2D eigenvalue weighted by Crippen LogP contribution is 1.95. The van der Waals surface area contributed by atoms with Crippen LogP contribution < -0.4 is 0 Å². The lowest BCUT2D eigenvalue weighted by Crippen LogP contribution is -2.00. The summed E-state index contributed by atoms with van der Waals surface area (Å²) < 4.78 is 0. The van der Waals surface area contributed by atoms with Crippen LogP contribution in [0.4, 0.5) is 0 Å². The van der Waals surface area contributed by atoms with Crippen LogP contribution in [0.2, 0.25) is 0 Å². The fourth-order valence-electron chi connectivity index (χ4n) is 0.704. The van der Waals surface area contributed by atoms with Gasteiger partial charge in [0.25, 0.3) is 0 Å². The number of aromatic nitrogens is 2. The van der Waals surface area contributed by atoms with Gasteiger partial charge in [0.05, 0.1) is 0 Å². The molecular weight excluding hydrogens is 150 g/mol. The molecule has 0 aliphatic heterocycles. The van der Waals surface area contributed by atoms with Crippen LogP contribution in [-0.4, -0.2) is 29.0 Å². The van der Waals surface area contributed by atoms with Crippen molar-refractivity contribution in [2.45, 2.75) is 6.92 Å². The van der Waals surface area contributed by atoms with Gasteiger partial charge >= 0.3 is 0 Å². The van der Waals surface area contributed by atoms with Gasteiger partial charge in [-0.3, -0.25) is 0 Å². The third-order valence-electron chi connectivity index (χ3n) is 1.32. The Morgan fingerprint density at radius 2 is 1.83 bits per heavy atom. The highest BCUT2D eigenvalue weighted by atomic mass is 15.0. The molecule has 0 saturated heterocycles. The molecule has 0 spiro atoms. The van der Waals surface area contributed by atoms with E-state index >= 15 is 0 Å². The van der Waals surface area contributed by atoms with Crippen molar-refractivity contribution in [3.05, 3.63) is 30.0 Å². The van der Waals surface area contributed by atoms with E-state index in [4.69, 9.17) is 0 Å². The molecule has 0 bridgehead atoms. The van der Waals surface area contributed by atoms with Crippen molar-refractivity contribution in [3.63, 3.8) is 0 Å². The molecule has 0 unspecified atom stereocenters. The van der Waals surface area contributed by atoms with Gasteiger partial charge in [-0.1, -0.05) is 0 Å². The van der Waals surface area contributed by atoms with E-state index in [1.54, 1.807) is 0 Å². The van der Waals surface area contributed by atoms with E-state index in [1.165, 1.54) is 0 Å². The molecule has 1 aromatic heterocycles. The van der Waals surface area contributed by atoms with Gasteiger partial charge in [-0.15, -0.1) is 0 Å². The first-order valence-corrected chi connectivity index (χ1v) is 3.82. The van der Waals surface area contributed by atoms with E-state index in [0.717, 1.165) is 11.4 Å². The smallest absolute Gasteiger partial charge is 0.153 e. The lowest BCUT2D eigenvalue weighted by molar-refractivity contribution is 0.567. The van der Waals surface area contributed by atoms with Crippen LogP contribution in [0.3, 0.4) is 0 Å². The summed E-state index contributed by atoms with van der Waals surface area (Å²) in [5.74, 6) is 0.745. The number of hydrogen-bond donors (Lipinski definition) is 0. The van der Waals surface area contributed by atoms with Crippen LogP contribution in [0.1, 0.15) is 11.4 Å². The first-order chi connectivity index (χ1) is 5.68. The number of nitrogens with zero attached hydrogens (tertiary/aromatic N) is 3. The Morgan fingerprint density at radius 1 is 1.25 bits per heavy atom. The van der Waals surface area contributed by atoms with E-state index < -0.39 is 0 Å². The molecule has 0 amide bonds. The average Bonchev–Trinajstić information content (AvgIpc) is 2.03. The van der Waals surface area contributed by atoms with Crippen LogP contribution in [0, 0.1) is 6.92 Å². The fourth-order valence-corrected chi connectivity index (χ4v) is 0.704. The first kappa shape index (κ1) is 8.71. The van der Waals surface area contributed by atoms with Gasteiger partial charge in [0.15, 0.2) is 5.82 Å². The minimum Gasteiger partial charge on any atom is -0.383 e. The summed E-state index contributed by atoms with van der Waals surface area (Å²) in [5.41, 5.74) is 1.08. The number of hydrogen-bond acceptors (Lipinski definition) is 3. The Labute approximate surface area is 72.8 Å². The Balaban J connectivity index is 2.71. The van der Waals surface area contributed by atoms with Gasteiger partial charge < -0.3 is 4.90 Å². The molecule has 0 atom stereocenters. The average molecular weight is 163 g/mol. The predicted molar refractivity (Wildman–Crippen MR) is 49.5 cm³/mol. The molecule has 0 aliphatic rings. The molecule has 0 aromatic carbocycles. The molecule has 3 heteroatoms. The summed E-state index contributed by atoms with van der Waals surface area (Å²) in [6, 6.07) is 0. The molecule has 0 fully saturated rings. The number of rotatable bonds is 2. The zero-order valence-corrected chi connectivity index (χ0v) is 7.65. The quantitative estimate of drug-likeness (QED) is 0.658. The summed E-state index contributed by atoms with van der Waals surface area (Å²) in [7, 11) is 3.93. The second-order valence-corrected chi connectivity index (χ2v) is 2.90. The normalized spacial score (nSPS) is 10.6. The topological polar surface area (TPSA) is 29.0 Å². The molecule has 3 nitrogen and oxygen atoms in total. The second-order valence-electron chi connectivity index (χ2n) is 2.90. The van der Waals surface area contributed by atoms with Crippen molar-refractivity contribution in [1.29, 1.82) is 0 Å². The lowest BCUT2D eigenvalue weighted by atomic mass is 10.4. The fraction of sp³-hybridized carbons (Fsp3) is 0.333. The van der Waals surface area contributed by atoms with Crippen molar-refractivity contribution in [1.82, 2.24) is 14.9 Å². The first-order valence-electron chi connectivity index (χ1n) is 3.82. The van der Waals surface area contributed by atoms with Gasteiger partial charge in [-0.05, 0) is 18.6 Å². The standard InChI is InChI=1S/C9H13N3/c1-8-6-10-9(11-7-8)4-5-12(2)3/h4-7H,1-3H3/b5-4+. The third-order valence-corrected chi connectivity index (χ3v) is 1.32. The van der Waals surface area contributed by atoms with Crippen LogP contribution in [0.25, 0.3) is 6.08 Å². The predicted octanol–water partition coefficient (Wildman–Crippen LogP) is 1.32. The summed E-state index contributed by atoms with van der Waals surface area (Å²) in [6.45, 7) is 1.97. The molecule has 1 aromatic rings. The maximum atomic E-state index is 4.13.